The van der Waals surface area contributed by atoms with Crippen LogP contribution in [0, 0.1) is 0 Å². The van der Waals surface area contributed by atoms with Crippen LogP contribution in [0.15, 0.2) is 40.3 Å². The number of alkyl halides is 1. The van der Waals surface area contributed by atoms with Gasteiger partial charge in [0.25, 0.3) is 0 Å². The predicted octanol–water partition coefficient (Wildman–Crippen LogP) is 2.70. The van der Waals surface area contributed by atoms with Crippen LogP contribution in [0.5, 0.6) is 5.75 Å². The van der Waals surface area contributed by atoms with Crippen molar-refractivity contribution in [2.45, 2.75) is 18.3 Å². The highest BCUT2D eigenvalue weighted by molar-refractivity contribution is 6.35. The lowest BCUT2D eigenvalue weighted by atomic mass is 10.1. The lowest BCUT2D eigenvalue weighted by Crippen LogP contribution is -2.51. The summed E-state index contributed by atoms with van der Waals surface area (Å²) in [5.41, 5.74) is 1.64. The fourth-order valence-corrected chi connectivity index (χ4v) is 4.14. The van der Waals surface area contributed by atoms with E-state index in [-0.39, 0.29) is 23.9 Å². The summed E-state index contributed by atoms with van der Waals surface area (Å²) in [6.45, 7) is 4.86. The molecule has 160 valence electrons. The lowest BCUT2D eigenvalue weighted by molar-refractivity contribution is -0.133. The van der Waals surface area contributed by atoms with E-state index in [1.807, 2.05) is 30.0 Å². The minimum Gasteiger partial charge on any atom is -0.495 e. The number of hydrogen-bond acceptors (Lipinski definition) is 7. The molecule has 2 aliphatic rings. The first-order chi connectivity index (χ1) is 14.5. The molecule has 2 aliphatic heterocycles. The van der Waals surface area contributed by atoms with Gasteiger partial charge in [-0.1, -0.05) is 11.6 Å². The number of halogens is 2. The van der Waals surface area contributed by atoms with Gasteiger partial charge >= 0.3 is 0 Å². The SMILES string of the molecule is COc1cc(N2CCN(C(=O)CN3N=C(c4cnco4)C(Cl)C3C)CC2)ccc1Cl. The van der Waals surface area contributed by atoms with Gasteiger partial charge in [-0.2, -0.15) is 5.10 Å². The van der Waals surface area contributed by atoms with Crippen LogP contribution in [0.3, 0.4) is 0 Å². The van der Waals surface area contributed by atoms with Crippen molar-refractivity contribution in [2.75, 3.05) is 44.7 Å². The zero-order valence-electron chi connectivity index (χ0n) is 16.8. The molecule has 1 amide bonds. The van der Waals surface area contributed by atoms with Crippen LogP contribution in [-0.4, -0.2) is 77.8 Å². The Morgan fingerprint density at radius 3 is 2.73 bits per heavy atom. The number of anilines is 1. The third kappa shape index (κ3) is 4.06. The predicted molar refractivity (Wildman–Crippen MR) is 116 cm³/mol. The van der Waals surface area contributed by atoms with Crippen LogP contribution < -0.4 is 9.64 Å². The average Bonchev–Trinajstić information content (AvgIpc) is 3.38. The number of ether oxygens (including phenoxy) is 1. The number of hydrazone groups is 1. The van der Waals surface area contributed by atoms with Crippen molar-refractivity contribution in [3.63, 3.8) is 0 Å². The summed E-state index contributed by atoms with van der Waals surface area (Å²) in [5, 5.41) is 6.47. The second kappa shape index (κ2) is 8.73. The molecule has 2 atom stereocenters. The van der Waals surface area contributed by atoms with Gasteiger partial charge in [0, 0.05) is 37.9 Å². The number of oxazole rings is 1. The summed E-state index contributed by atoms with van der Waals surface area (Å²) < 4.78 is 10.6. The second-order valence-corrected chi connectivity index (χ2v) is 8.15. The number of benzene rings is 1. The van der Waals surface area contributed by atoms with Gasteiger partial charge in [0.15, 0.2) is 12.2 Å². The van der Waals surface area contributed by atoms with E-state index >= 15 is 0 Å². The van der Waals surface area contributed by atoms with Crippen LogP contribution >= 0.6 is 23.2 Å². The fourth-order valence-electron chi connectivity index (χ4n) is 3.67. The Labute approximate surface area is 185 Å². The Bertz CT molecular complexity index is 929. The molecule has 1 saturated heterocycles. The molecule has 0 saturated carbocycles. The highest BCUT2D eigenvalue weighted by atomic mass is 35.5. The molecule has 30 heavy (non-hydrogen) atoms. The maximum atomic E-state index is 12.9. The second-order valence-electron chi connectivity index (χ2n) is 7.28. The molecular formula is C20H23Cl2N5O3. The zero-order valence-corrected chi connectivity index (χ0v) is 18.3. The molecule has 8 nitrogen and oxygen atoms in total. The zero-order chi connectivity index (χ0) is 21.3. The van der Waals surface area contributed by atoms with E-state index in [1.54, 1.807) is 18.3 Å². The summed E-state index contributed by atoms with van der Waals surface area (Å²) in [6.07, 6.45) is 2.92. The largest absolute Gasteiger partial charge is 0.495 e. The van der Waals surface area contributed by atoms with Crippen LogP contribution in [0.25, 0.3) is 0 Å². The van der Waals surface area contributed by atoms with E-state index in [0.717, 1.165) is 18.8 Å². The molecule has 0 spiro atoms. The maximum absolute atomic E-state index is 12.9. The number of amides is 1. The fraction of sp³-hybridized carbons (Fsp3) is 0.450. The summed E-state index contributed by atoms with van der Waals surface area (Å²) >= 11 is 12.6. The van der Waals surface area contributed by atoms with Gasteiger partial charge in [-0.25, -0.2) is 4.98 Å². The molecule has 10 heteroatoms. The van der Waals surface area contributed by atoms with Crippen molar-refractivity contribution in [3.05, 3.63) is 41.6 Å². The van der Waals surface area contributed by atoms with Crippen LogP contribution in [0.1, 0.15) is 12.7 Å². The first-order valence-electron chi connectivity index (χ1n) is 9.72. The number of rotatable bonds is 5. The minimum absolute atomic E-state index is 0.0293. The number of piperazine rings is 1. The normalized spacial score (nSPS) is 21.7. The van der Waals surface area contributed by atoms with Gasteiger partial charge in [-0.3, -0.25) is 9.80 Å². The van der Waals surface area contributed by atoms with E-state index in [4.69, 9.17) is 32.4 Å². The van der Waals surface area contributed by atoms with Crippen molar-refractivity contribution in [1.82, 2.24) is 14.9 Å². The van der Waals surface area contributed by atoms with Gasteiger partial charge in [-0.15, -0.1) is 11.6 Å². The number of nitrogens with zero attached hydrogens (tertiary/aromatic N) is 5. The van der Waals surface area contributed by atoms with E-state index in [0.29, 0.717) is 35.3 Å². The van der Waals surface area contributed by atoms with Crippen molar-refractivity contribution < 1.29 is 13.9 Å². The van der Waals surface area contributed by atoms with E-state index in [1.165, 1.54) is 6.39 Å². The standard InChI is InChI=1S/C20H23Cl2N5O3/c1-13-19(22)20(17-10-23-12-30-17)24-27(13)11-18(28)26-7-5-25(6-8-26)14-3-4-15(21)16(9-14)29-2/h3-4,9-10,12-13,19H,5-8,11H2,1-2H3. The monoisotopic (exact) mass is 451 g/mol. The summed E-state index contributed by atoms with van der Waals surface area (Å²) in [4.78, 5) is 20.9. The Kier molecular flexibility index (Phi) is 6.06. The summed E-state index contributed by atoms with van der Waals surface area (Å²) in [7, 11) is 1.60. The van der Waals surface area contributed by atoms with E-state index in [9.17, 15) is 4.79 Å². The van der Waals surface area contributed by atoms with Crippen molar-refractivity contribution in [2.24, 2.45) is 5.10 Å². The van der Waals surface area contributed by atoms with E-state index in [2.05, 4.69) is 15.0 Å². The summed E-state index contributed by atoms with van der Waals surface area (Å²) in [5.74, 6) is 1.21. The first kappa shape index (κ1) is 20.8. The number of hydrogen-bond donors (Lipinski definition) is 0. The number of carbonyl (C=O) groups excluding carboxylic acids is 1. The Morgan fingerprint density at radius 2 is 2.07 bits per heavy atom. The number of aromatic nitrogens is 1. The highest BCUT2D eigenvalue weighted by Gasteiger charge is 2.36. The molecule has 0 radical (unpaired) electrons. The molecule has 0 N–H and O–H groups in total. The Morgan fingerprint density at radius 1 is 1.30 bits per heavy atom. The molecule has 2 unspecified atom stereocenters. The molecule has 0 bridgehead atoms. The molecule has 4 rings (SSSR count). The molecule has 1 fully saturated rings. The maximum Gasteiger partial charge on any atom is 0.243 e. The van der Waals surface area contributed by atoms with Crippen molar-refractivity contribution in [1.29, 1.82) is 0 Å². The van der Waals surface area contributed by atoms with Crippen LogP contribution in [0.4, 0.5) is 5.69 Å². The third-order valence-corrected chi connectivity index (χ3v) is 6.39. The smallest absolute Gasteiger partial charge is 0.243 e. The van der Waals surface area contributed by atoms with Gasteiger partial charge in [0.2, 0.25) is 5.91 Å². The molecule has 1 aromatic heterocycles. The average molecular weight is 452 g/mol. The van der Waals surface area contributed by atoms with Gasteiger partial charge in [0.05, 0.1) is 24.4 Å². The van der Waals surface area contributed by atoms with Crippen LogP contribution in [-0.2, 0) is 4.79 Å². The van der Waals surface area contributed by atoms with Gasteiger partial charge in [-0.05, 0) is 19.1 Å². The summed E-state index contributed by atoms with van der Waals surface area (Å²) in [6, 6.07) is 5.61. The first-order valence-corrected chi connectivity index (χ1v) is 10.5. The molecule has 2 aromatic rings. The Hall–Kier alpha value is -2.45. The number of methoxy groups -OCH3 is 1. The van der Waals surface area contributed by atoms with Gasteiger partial charge < -0.3 is 19.0 Å². The lowest BCUT2D eigenvalue weighted by Gasteiger charge is -2.37. The molecule has 1 aromatic carbocycles. The third-order valence-electron chi connectivity index (χ3n) is 5.51. The quantitative estimate of drug-likeness (QED) is 0.650. The van der Waals surface area contributed by atoms with E-state index < -0.39 is 0 Å². The highest BCUT2D eigenvalue weighted by Crippen LogP contribution is 2.30. The number of carbonyl (C=O) groups is 1. The molecule has 0 aliphatic carbocycles. The topological polar surface area (TPSA) is 74.4 Å². The van der Waals surface area contributed by atoms with Crippen LogP contribution in [0.2, 0.25) is 5.02 Å². The van der Waals surface area contributed by atoms with Crippen molar-refractivity contribution in [3.8, 4) is 5.75 Å². The molecule has 3 heterocycles. The minimum atomic E-state index is -0.359. The molecular weight excluding hydrogens is 429 g/mol. The Balaban J connectivity index is 1.36. The van der Waals surface area contributed by atoms with Gasteiger partial charge in [0.1, 0.15) is 23.4 Å². The van der Waals surface area contributed by atoms with Crippen molar-refractivity contribution >= 4 is 40.5 Å².